The van der Waals surface area contributed by atoms with Crippen LogP contribution in [0, 0.1) is 11.7 Å². The van der Waals surface area contributed by atoms with Gasteiger partial charge in [-0.25, -0.2) is 4.39 Å². The highest BCUT2D eigenvalue weighted by Gasteiger charge is 2.30. The molecule has 110 valence electrons. The molecular formula is C16H23FN2O. The summed E-state index contributed by atoms with van der Waals surface area (Å²) < 4.78 is 13.9. The van der Waals surface area contributed by atoms with Crippen LogP contribution in [-0.2, 0) is 4.79 Å². The number of hydrogen-bond acceptors (Lipinski definition) is 2. The largest absolute Gasteiger partial charge is 0.309 e. The number of anilines is 1. The number of piperidine rings is 1. The first-order valence-electron chi connectivity index (χ1n) is 7.46. The summed E-state index contributed by atoms with van der Waals surface area (Å²) in [6.45, 7) is 5.38. The van der Waals surface area contributed by atoms with E-state index in [1.165, 1.54) is 6.07 Å². The van der Waals surface area contributed by atoms with Gasteiger partial charge in [0.15, 0.2) is 0 Å². The minimum atomic E-state index is -0.342. The highest BCUT2D eigenvalue weighted by atomic mass is 19.1. The molecule has 1 aliphatic rings. The molecule has 1 fully saturated rings. The minimum Gasteiger partial charge on any atom is -0.309 e. The Labute approximate surface area is 120 Å². The number of nitrogens with one attached hydrogen (secondary N) is 1. The first kappa shape index (κ1) is 15.0. The third-order valence-electron chi connectivity index (χ3n) is 4.11. The van der Waals surface area contributed by atoms with Gasteiger partial charge < -0.3 is 10.2 Å². The zero-order valence-electron chi connectivity index (χ0n) is 12.2. The van der Waals surface area contributed by atoms with E-state index in [1.807, 2.05) is 6.92 Å². The van der Waals surface area contributed by atoms with Crippen LogP contribution in [0.2, 0.25) is 0 Å². The minimum absolute atomic E-state index is 0.0178. The van der Waals surface area contributed by atoms with Gasteiger partial charge in [-0.15, -0.1) is 0 Å². The van der Waals surface area contributed by atoms with Gasteiger partial charge in [0.2, 0.25) is 5.91 Å². The Morgan fingerprint density at radius 2 is 2.15 bits per heavy atom. The lowest BCUT2D eigenvalue weighted by molar-refractivity contribution is -0.121. The summed E-state index contributed by atoms with van der Waals surface area (Å²) in [5.41, 5.74) is 0.375. The molecule has 1 aromatic rings. The molecule has 2 unspecified atom stereocenters. The summed E-state index contributed by atoms with van der Waals surface area (Å²) in [5.74, 6) is 0.228. The van der Waals surface area contributed by atoms with Crippen LogP contribution in [-0.4, -0.2) is 25.0 Å². The molecular weight excluding hydrogens is 255 g/mol. The Bertz CT molecular complexity index is 464. The van der Waals surface area contributed by atoms with Crippen LogP contribution in [0.25, 0.3) is 0 Å². The summed E-state index contributed by atoms with van der Waals surface area (Å²) in [6.07, 6.45) is 3.06. The van der Waals surface area contributed by atoms with Crippen LogP contribution in [0.5, 0.6) is 0 Å². The monoisotopic (exact) mass is 278 g/mol. The number of para-hydroxylation sites is 1. The molecule has 4 heteroatoms. The van der Waals surface area contributed by atoms with Crippen molar-refractivity contribution in [3.63, 3.8) is 0 Å². The predicted molar refractivity (Wildman–Crippen MR) is 79.2 cm³/mol. The fraction of sp³-hybridized carbons (Fsp3) is 0.562. The van der Waals surface area contributed by atoms with E-state index in [-0.39, 0.29) is 17.8 Å². The van der Waals surface area contributed by atoms with Gasteiger partial charge in [0.05, 0.1) is 11.7 Å². The van der Waals surface area contributed by atoms with Gasteiger partial charge in [-0.1, -0.05) is 25.5 Å². The zero-order valence-corrected chi connectivity index (χ0v) is 12.2. The van der Waals surface area contributed by atoms with E-state index in [4.69, 9.17) is 0 Å². The Balaban J connectivity index is 2.15. The summed E-state index contributed by atoms with van der Waals surface area (Å²) >= 11 is 0. The normalized spacial score (nSPS) is 22.6. The van der Waals surface area contributed by atoms with Crippen LogP contribution in [0.3, 0.4) is 0 Å². The van der Waals surface area contributed by atoms with Gasteiger partial charge in [0, 0.05) is 6.54 Å². The molecule has 3 nitrogen and oxygen atoms in total. The molecule has 0 radical (unpaired) electrons. The van der Waals surface area contributed by atoms with E-state index in [9.17, 15) is 9.18 Å². The van der Waals surface area contributed by atoms with E-state index in [0.29, 0.717) is 18.2 Å². The first-order valence-corrected chi connectivity index (χ1v) is 7.46. The highest BCUT2D eigenvalue weighted by Crippen LogP contribution is 2.24. The number of halogens is 1. The zero-order chi connectivity index (χ0) is 14.5. The molecule has 1 heterocycles. The van der Waals surface area contributed by atoms with Crippen molar-refractivity contribution in [1.29, 1.82) is 0 Å². The molecule has 20 heavy (non-hydrogen) atoms. The van der Waals surface area contributed by atoms with Crippen molar-refractivity contribution in [2.24, 2.45) is 5.92 Å². The molecule has 0 aromatic heterocycles. The molecule has 1 aromatic carbocycles. The molecule has 0 bridgehead atoms. The standard InChI is InChI=1S/C16H23FN2O/c1-3-12-9-10-18-14(11-12)16(20)19(4-2)15-8-6-5-7-13(15)17/h5-8,12,14,18H,3-4,9-11H2,1-2H3. The second-order valence-electron chi connectivity index (χ2n) is 5.34. The topological polar surface area (TPSA) is 32.3 Å². The van der Waals surface area contributed by atoms with Crippen molar-refractivity contribution in [2.75, 3.05) is 18.0 Å². The Morgan fingerprint density at radius 3 is 2.80 bits per heavy atom. The van der Waals surface area contributed by atoms with Crippen molar-refractivity contribution in [1.82, 2.24) is 5.32 Å². The van der Waals surface area contributed by atoms with E-state index in [1.54, 1.807) is 23.1 Å². The Morgan fingerprint density at radius 1 is 1.40 bits per heavy atom. The fourth-order valence-corrected chi connectivity index (χ4v) is 2.86. The number of likely N-dealkylation sites (N-methyl/N-ethyl adjacent to an activating group) is 1. The number of benzene rings is 1. The SMILES string of the molecule is CCC1CCNC(C(=O)N(CC)c2ccccc2F)C1. The maximum atomic E-state index is 13.9. The van der Waals surface area contributed by atoms with Crippen LogP contribution >= 0.6 is 0 Å². The van der Waals surface area contributed by atoms with E-state index in [0.717, 1.165) is 25.8 Å². The van der Waals surface area contributed by atoms with E-state index < -0.39 is 0 Å². The van der Waals surface area contributed by atoms with E-state index >= 15 is 0 Å². The van der Waals surface area contributed by atoms with Crippen LogP contribution < -0.4 is 10.2 Å². The number of amides is 1. The molecule has 1 amide bonds. The molecule has 2 rings (SSSR count). The quantitative estimate of drug-likeness (QED) is 0.918. The smallest absolute Gasteiger partial charge is 0.244 e. The third kappa shape index (κ3) is 3.18. The molecule has 0 saturated carbocycles. The molecule has 1 N–H and O–H groups in total. The van der Waals surface area contributed by atoms with Gasteiger partial charge in [-0.05, 0) is 44.4 Å². The third-order valence-corrected chi connectivity index (χ3v) is 4.11. The number of rotatable bonds is 4. The highest BCUT2D eigenvalue weighted by molar-refractivity contribution is 5.97. The fourth-order valence-electron chi connectivity index (χ4n) is 2.86. The molecule has 2 atom stereocenters. The van der Waals surface area contributed by atoms with Crippen molar-refractivity contribution < 1.29 is 9.18 Å². The van der Waals surface area contributed by atoms with Gasteiger partial charge >= 0.3 is 0 Å². The second-order valence-corrected chi connectivity index (χ2v) is 5.34. The van der Waals surface area contributed by atoms with E-state index in [2.05, 4.69) is 12.2 Å². The summed E-state index contributed by atoms with van der Waals surface area (Å²) in [7, 11) is 0. The van der Waals surface area contributed by atoms with Gasteiger partial charge in [0.25, 0.3) is 0 Å². The lowest BCUT2D eigenvalue weighted by Crippen LogP contribution is -2.50. The summed E-state index contributed by atoms with van der Waals surface area (Å²) in [4.78, 5) is 14.2. The van der Waals surface area contributed by atoms with Crippen LogP contribution in [0.1, 0.15) is 33.1 Å². The van der Waals surface area contributed by atoms with Gasteiger partial charge in [-0.2, -0.15) is 0 Å². The lowest BCUT2D eigenvalue weighted by atomic mass is 9.90. The average molecular weight is 278 g/mol. The second kappa shape index (κ2) is 6.84. The number of carbonyl (C=O) groups excluding carboxylic acids is 1. The van der Waals surface area contributed by atoms with Crippen molar-refractivity contribution in [2.45, 2.75) is 39.2 Å². The Kier molecular flexibility index (Phi) is 5.12. The number of hydrogen-bond donors (Lipinski definition) is 1. The maximum absolute atomic E-state index is 13.9. The first-order chi connectivity index (χ1) is 9.67. The van der Waals surface area contributed by atoms with Crippen molar-refractivity contribution >= 4 is 11.6 Å². The molecule has 0 spiro atoms. The summed E-state index contributed by atoms with van der Waals surface area (Å²) in [6, 6.07) is 6.28. The number of carbonyl (C=O) groups is 1. The Hall–Kier alpha value is -1.42. The lowest BCUT2D eigenvalue weighted by Gasteiger charge is -2.33. The molecule has 1 saturated heterocycles. The maximum Gasteiger partial charge on any atom is 0.244 e. The van der Waals surface area contributed by atoms with Crippen LogP contribution in [0.15, 0.2) is 24.3 Å². The predicted octanol–water partition coefficient (Wildman–Crippen LogP) is 2.96. The number of nitrogens with zero attached hydrogens (tertiary/aromatic N) is 1. The molecule has 1 aliphatic heterocycles. The van der Waals surface area contributed by atoms with Crippen LogP contribution in [0.4, 0.5) is 10.1 Å². The van der Waals surface area contributed by atoms with Crippen molar-refractivity contribution in [3.8, 4) is 0 Å². The van der Waals surface area contributed by atoms with Gasteiger partial charge in [0.1, 0.15) is 5.82 Å². The van der Waals surface area contributed by atoms with Crippen molar-refractivity contribution in [3.05, 3.63) is 30.1 Å². The summed E-state index contributed by atoms with van der Waals surface area (Å²) in [5, 5.41) is 3.27. The average Bonchev–Trinajstić information content (AvgIpc) is 2.49. The molecule has 0 aliphatic carbocycles. The van der Waals surface area contributed by atoms with Gasteiger partial charge in [-0.3, -0.25) is 4.79 Å².